The van der Waals surface area contributed by atoms with Crippen LogP contribution >= 0.6 is 0 Å². The van der Waals surface area contributed by atoms with Crippen molar-refractivity contribution in [3.63, 3.8) is 0 Å². The van der Waals surface area contributed by atoms with Crippen LogP contribution in [0.25, 0.3) is 0 Å². The highest BCUT2D eigenvalue weighted by Crippen LogP contribution is 2.26. The molecule has 0 radical (unpaired) electrons. The van der Waals surface area contributed by atoms with E-state index in [0.29, 0.717) is 11.1 Å². The van der Waals surface area contributed by atoms with Gasteiger partial charge in [-0.3, -0.25) is 0 Å². The second kappa shape index (κ2) is 5.91. The van der Waals surface area contributed by atoms with E-state index < -0.39 is 12.2 Å². The van der Waals surface area contributed by atoms with E-state index in [1.54, 1.807) is 0 Å². The van der Waals surface area contributed by atoms with Gasteiger partial charge in [0.2, 0.25) is 0 Å². The number of aliphatic hydroxyl groups excluding tert-OH is 2. The lowest BCUT2D eigenvalue weighted by atomic mass is 9.99. The predicted molar refractivity (Wildman–Crippen MR) is 67.3 cm³/mol. The third kappa shape index (κ3) is 3.59. The maximum Gasteiger partial charge on any atom is 0.123 e. The van der Waals surface area contributed by atoms with Crippen molar-refractivity contribution < 1.29 is 19.0 Å². The molecule has 0 amide bonds. The molecular formula is C15H14F2O2. The van der Waals surface area contributed by atoms with Gasteiger partial charge in [0.25, 0.3) is 0 Å². The van der Waals surface area contributed by atoms with Gasteiger partial charge in [0.15, 0.2) is 0 Å². The molecule has 4 heteroatoms. The topological polar surface area (TPSA) is 40.5 Å². The van der Waals surface area contributed by atoms with Crippen LogP contribution in [0.3, 0.4) is 0 Å². The van der Waals surface area contributed by atoms with Gasteiger partial charge in [0.05, 0.1) is 12.2 Å². The first-order valence-corrected chi connectivity index (χ1v) is 5.93. The molecule has 2 aromatic carbocycles. The highest BCUT2D eigenvalue weighted by Gasteiger charge is 2.15. The SMILES string of the molecule is O[C@H](C[C@@H](O)c1ccc(F)cc1)c1ccc(F)cc1. The molecule has 0 heterocycles. The minimum atomic E-state index is -0.902. The zero-order chi connectivity index (χ0) is 13.8. The molecule has 2 aromatic rings. The molecule has 19 heavy (non-hydrogen) atoms. The van der Waals surface area contributed by atoms with Crippen LogP contribution in [0.2, 0.25) is 0 Å². The molecule has 2 N–H and O–H groups in total. The third-order valence-corrected chi connectivity index (χ3v) is 2.96. The fraction of sp³-hybridized carbons (Fsp3) is 0.200. The smallest absolute Gasteiger partial charge is 0.123 e. The van der Waals surface area contributed by atoms with E-state index in [1.165, 1.54) is 48.5 Å². The Labute approximate surface area is 110 Å². The number of halogens is 2. The number of hydrogen-bond donors (Lipinski definition) is 2. The van der Waals surface area contributed by atoms with Crippen molar-refractivity contribution in [2.75, 3.05) is 0 Å². The van der Waals surface area contributed by atoms with Gasteiger partial charge in [-0.05, 0) is 35.4 Å². The summed E-state index contributed by atoms with van der Waals surface area (Å²) in [6.45, 7) is 0. The van der Waals surface area contributed by atoms with Crippen LogP contribution < -0.4 is 0 Å². The lowest BCUT2D eigenvalue weighted by molar-refractivity contribution is 0.0803. The van der Waals surface area contributed by atoms with Crippen LogP contribution in [-0.2, 0) is 0 Å². The first kappa shape index (κ1) is 13.6. The number of benzene rings is 2. The average Bonchev–Trinajstić information content (AvgIpc) is 2.40. The second-order valence-corrected chi connectivity index (χ2v) is 4.37. The minimum absolute atomic E-state index is 0.0667. The Morgan fingerprint density at radius 3 is 1.32 bits per heavy atom. The van der Waals surface area contributed by atoms with Crippen molar-refractivity contribution in [3.05, 3.63) is 71.3 Å². The van der Waals surface area contributed by atoms with Gasteiger partial charge < -0.3 is 10.2 Å². The monoisotopic (exact) mass is 264 g/mol. The maximum absolute atomic E-state index is 12.7. The van der Waals surface area contributed by atoms with Crippen molar-refractivity contribution in [1.29, 1.82) is 0 Å². The van der Waals surface area contributed by atoms with E-state index in [9.17, 15) is 19.0 Å². The van der Waals surface area contributed by atoms with Crippen LogP contribution in [0, 0.1) is 11.6 Å². The quantitative estimate of drug-likeness (QED) is 0.890. The number of rotatable bonds is 4. The van der Waals surface area contributed by atoms with Crippen molar-refractivity contribution in [2.24, 2.45) is 0 Å². The summed E-state index contributed by atoms with van der Waals surface area (Å²) in [5.41, 5.74) is 1.06. The molecule has 2 nitrogen and oxygen atoms in total. The molecule has 0 spiro atoms. The van der Waals surface area contributed by atoms with Gasteiger partial charge in [0.1, 0.15) is 11.6 Å². The zero-order valence-corrected chi connectivity index (χ0v) is 10.1. The van der Waals surface area contributed by atoms with E-state index in [-0.39, 0.29) is 18.1 Å². The van der Waals surface area contributed by atoms with E-state index >= 15 is 0 Å². The van der Waals surface area contributed by atoms with Gasteiger partial charge >= 0.3 is 0 Å². The van der Waals surface area contributed by atoms with Crippen LogP contribution in [0.5, 0.6) is 0 Å². The molecule has 0 saturated carbocycles. The van der Waals surface area contributed by atoms with Gasteiger partial charge in [0, 0.05) is 6.42 Å². The Balaban J connectivity index is 2.03. The van der Waals surface area contributed by atoms with Crippen molar-refractivity contribution in [3.8, 4) is 0 Å². The molecule has 2 rings (SSSR count). The van der Waals surface area contributed by atoms with E-state index in [4.69, 9.17) is 0 Å². The van der Waals surface area contributed by atoms with Crippen molar-refractivity contribution in [2.45, 2.75) is 18.6 Å². The normalized spacial score (nSPS) is 14.1. The second-order valence-electron chi connectivity index (χ2n) is 4.37. The van der Waals surface area contributed by atoms with Crippen LogP contribution in [-0.4, -0.2) is 10.2 Å². The Morgan fingerprint density at radius 1 is 0.684 bits per heavy atom. The van der Waals surface area contributed by atoms with Crippen LogP contribution in [0.4, 0.5) is 8.78 Å². The number of aliphatic hydroxyl groups is 2. The van der Waals surface area contributed by atoms with Gasteiger partial charge in [-0.15, -0.1) is 0 Å². The summed E-state index contributed by atoms with van der Waals surface area (Å²) in [5.74, 6) is -0.759. The summed E-state index contributed by atoms with van der Waals surface area (Å²) in [6, 6.07) is 10.9. The maximum atomic E-state index is 12.7. The van der Waals surface area contributed by atoms with Crippen LogP contribution in [0.1, 0.15) is 29.8 Å². The van der Waals surface area contributed by atoms with Gasteiger partial charge in [-0.1, -0.05) is 24.3 Å². The van der Waals surface area contributed by atoms with Gasteiger partial charge in [-0.2, -0.15) is 0 Å². The molecule has 0 aliphatic rings. The standard InChI is InChI=1S/C15H14F2O2/c16-12-5-1-10(2-6-12)14(18)9-15(19)11-3-7-13(17)8-4-11/h1-8,14-15,18-19H,9H2/t14-,15-/m1/s1. The van der Waals surface area contributed by atoms with E-state index in [0.717, 1.165) is 0 Å². The molecule has 0 aliphatic carbocycles. The molecule has 2 atom stereocenters. The lowest BCUT2D eigenvalue weighted by Crippen LogP contribution is -2.06. The molecular weight excluding hydrogens is 250 g/mol. The summed E-state index contributed by atoms with van der Waals surface area (Å²) < 4.78 is 25.5. The Kier molecular flexibility index (Phi) is 4.24. The molecule has 0 unspecified atom stereocenters. The summed E-state index contributed by atoms with van der Waals surface area (Å²) in [6.07, 6.45) is -1.74. The Bertz CT molecular complexity index is 473. The van der Waals surface area contributed by atoms with E-state index in [1.807, 2.05) is 0 Å². The molecule has 0 aromatic heterocycles. The molecule has 0 aliphatic heterocycles. The first-order chi connectivity index (χ1) is 9.06. The predicted octanol–water partition coefficient (Wildman–Crippen LogP) is 3.12. The minimum Gasteiger partial charge on any atom is -0.388 e. The lowest BCUT2D eigenvalue weighted by Gasteiger charge is -2.16. The summed E-state index contributed by atoms with van der Waals surface area (Å²) in [7, 11) is 0. The van der Waals surface area contributed by atoms with Crippen LogP contribution in [0.15, 0.2) is 48.5 Å². The van der Waals surface area contributed by atoms with Crippen molar-refractivity contribution in [1.82, 2.24) is 0 Å². The van der Waals surface area contributed by atoms with Crippen molar-refractivity contribution >= 4 is 0 Å². The average molecular weight is 264 g/mol. The Morgan fingerprint density at radius 2 is 1.00 bits per heavy atom. The highest BCUT2D eigenvalue weighted by atomic mass is 19.1. The molecule has 0 bridgehead atoms. The largest absolute Gasteiger partial charge is 0.388 e. The summed E-state index contributed by atoms with van der Waals surface area (Å²) in [5, 5.41) is 19.9. The fourth-order valence-corrected chi connectivity index (χ4v) is 1.85. The molecule has 100 valence electrons. The molecule has 0 saturated heterocycles. The van der Waals surface area contributed by atoms with Gasteiger partial charge in [-0.25, -0.2) is 8.78 Å². The zero-order valence-electron chi connectivity index (χ0n) is 10.1. The summed E-state index contributed by atoms with van der Waals surface area (Å²) in [4.78, 5) is 0. The Hall–Kier alpha value is -1.78. The third-order valence-electron chi connectivity index (χ3n) is 2.96. The fourth-order valence-electron chi connectivity index (χ4n) is 1.85. The number of hydrogen-bond acceptors (Lipinski definition) is 2. The highest BCUT2D eigenvalue weighted by molar-refractivity contribution is 5.21. The van der Waals surface area contributed by atoms with E-state index in [2.05, 4.69) is 0 Å². The summed E-state index contributed by atoms with van der Waals surface area (Å²) >= 11 is 0. The molecule has 0 fully saturated rings. The first-order valence-electron chi connectivity index (χ1n) is 5.93.